The van der Waals surface area contributed by atoms with Crippen molar-refractivity contribution in [2.24, 2.45) is 11.8 Å². The van der Waals surface area contributed by atoms with Crippen molar-refractivity contribution in [3.63, 3.8) is 0 Å². The van der Waals surface area contributed by atoms with E-state index in [-0.39, 0.29) is 18.6 Å². The molecule has 5 heteroatoms. The first-order valence-electron chi connectivity index (χ1n) is 10.8. The summed E-state index contributed by atoms with van der Waals surface area (Å²) in [5.41, 5.74) is 2.81. The van der Waals surface area contributed by atoms with Crippen molar-refractivity contribution in [1.29, 1.82) is 0 Å². The van der Waals surface area contributed by atoms with Crippen molar-refractivity contribution >= 4 is 16.9 Å². The number of rotatable bonds is 5. The SMILES string of the molecule is C=CCOC(=O)[C@]12CC3C[C@H](CC)C1N(CCc1c2[nH]c2ccc(OC)cc12)C3. The maximum Gasteiger partial charge on any atom is 0.320 e. The fourth-order valence-electron chi connectivity index (χ4n) is 6.50. The molecule has 4 bridgehead atoms. The number of nitrogens with zero attached hydrogens (tertiary/aromatic N) is 1. The first-order valence-corrected chi connectivity index (χ1v) is 10.8. The van der Waals surface area contributed by atoms with Gasteiger partial charge in [0.05, 0.1) is 7.11 Å². The molecule has 1 aromatic heterocycles. The van der Waals surface area contributed by atoms with E-state index in [1.165, 1.54) is 17.4 Å². The van der Waals surface area contributed by atoms with E-state index in [2.05, 4.69) is 35.5 Å². The highest BCUT2D eigenvalue weighted by atomic mass is 16.5. The molecule has 2 saturated heterocycles. The second-order valence-corrected chi connectivity index (χ2v) is 8.91. The van der Waals surface area contributed by atoms with Gasteiger partial charge in [-0.1, -0.05) is 26.0 Å². The standard InChI is InChI=1S/C24H30N2O3/c1-4-10-29-23(27)24-13-15-11-16(5-2)22(24)26(14-15)9-8-18-19-12-17(28-3)6-7-20(19)25-21(18)24/h4,6-7,12,15-16,22,25H,1,5,8-11,13-14H2,2-3H3/t15?,16-,22?,24-/m0/s1. The molecule has 29 heavy (non-hydrogen) atoms. The number of benzene rings is 1. The van der Waals surface area contributed by atoms with Crippen LogP contribution in [0.25, 0.3) is 10.9 Å². The summed E-state index contributed by atoms with van der Waals surface area (Å²) >= 11 is 0. The Morgan fingerprint density at radius 1 is 1.45 bits per heavy atom. The molecule has 1 N–H and O–H groups in total. The van der Waals surface area contributed by atoms with Crippen LogP contribution in [0.2, 0.25) is 0 Å². The van der Waals surface area contributed by atoms with E-state index in [1.54, 1.807) is 13.2 Å². The van der Waals surface area contributed by atoms with E-state index in [4.69, 9.17) is 9.47 Å². The third-order valence-corrected chi connectivity index (χ3v) is 7.51. The second-order valence-electron chi connectivity index (χ2n) is 8.91. The summed E-state index contributed by atoms with van der Waals surface area (Å²) in [6, 6.07) is 6.36. The van der Waals surface area contributed by atoms with Crippen LogP contribution in [0.15, 0.2) is 30.9 Å². The van der Waals surface area contributed by atoms with Crippen LogP contribution in [0, 0.1) is 11.8 Å². The highest BCUT2D eigenvalue weighted by molar-refractivity contribution is 5.92. The largest absolute Gasteiger partial charge is 0.497 e. The van der Waals surface area contributed by atoms with Crippen LogP contribution < -0.4 is 4.74 Å². The van der Waals surface area contributed by atoms with Crippen molar-refractivity contribution in [2.45, 2.75) is 44.1 Å². The summed E-state index contributed by atoms with van der Waals surface area (Å²) < 4.78 is 11.3. The van der Waals surface area contributed by atoms with Gasteiger partial charge in [-0.05, 0) is 54.9 Å². The van der Waals surface area contributed by atoms with Gasteiger partial charge in [0.2, 0.25) is 0 Å². The maximum absolute atomic E-state index is 13.7. The number of aromatic nitrogens is 1. The summed E-state index contributed by atoms with van der Waals surface area (Å²) in [7, 11) is 1.70. The zero-order chi connectivity index (χ0) is 20.2. The number of hydrogen-bond acceptors (Lipinski definition) is 4. The summed E-state index contributed by atoms with van der Waals surface area (Å²) in [5.74, 6) is 1.82. The Balaban J connectivity index is 1.74. The van der Waals surface area contributed by atoms with Crippen molar-refractivity contribution in [2.75, 3.05) is 26.8 Å². The van der Waals surface area contributed by atoms with Gasteiger partial charge in [0.1, 0.15) is 17.8 Å². The number of aromatic amines is 1. The first kappa shape index (κ1) is 18.7. The van der Waals surface area contributed by atoms with E-state index in [0.29, 0.717) is 11.8 Å². The number of nitrogens with one attached hydrogen (secondary N) is 1. The molecule has 1 aromatic carbocycles. The van der Waals surface area contributed by atoms with Gasteiger partial charge in [-0.15, -0.1) is 0 Å². The zero-order valence-electron chi connectivity index (χ0n) is 17.4. The van der Waals surface area contributed by atoms with Crippen molar-refractivity contribution in [3.05, 3.63) is 42.1 Å². The normalized spacial score (nSPS) is 32.5. The topological polar surface area (TPSA) is 54.6 Å². The molecule has 3 aliphatic heterocycles. The number of fused-ring (bicyclic) bond motifs is 4. The van der Waals surface area contributed by atoms with Gasteiger partial charge in [-0.3, -0.25) is 9.69 Å². The van der Waals surface area contributed by atoms with Crippen molar-refractivity contribution in [1.82, 2.24) is 9.88 Å². The van der Waals surface area contributed by atoms with E-state index in [0.717, 1.165) is 49.3 Å². The number of hydrogen-bond donors (Lipinski definition) is 1. The van der Waals surface area contributed by atoms with Crippen LogP contribution in [0.3, 0.4) is 0 Å². The summed E-state index contributed by atoms with van der Waals surface area (Å²) in [5, 5.41) is 1.17. The van der Waals surface area contributed by atoms with Crippen LogP contribution in [-0.4, -0.2) is 48.7 Å². The zero-order valence-corrected chi connectivity index (χ0v) is 17.4. The minimum absolute atomic E-state index is 0.0862. The number of carbonyl (C=O) groups excluding carboxylic acids is 1. The van der Waals surface area contributed by atoms with Gasteiger partial charge in [0.25, 0.3) is 0 Å². The summed E-state index contributed by atoms with van der Waals surface area (Å²) in [6.07, 6.45) is 5.80. The average Bonchev–Trinajstić information content (AvgIpc) is 3.09. The fourth-order valence-corrected chi connectivity index (χ4v) is 6.50. The van der Waals surface area contributed by atoms with Crippen LogP contribution in [0.4, 0.5) is 0 Å². The molecule has 6 rings (SSSR count). The predicted molar refractivity (Wildman–Crippen MR) is 113 cm³/mol. The number of piperidine rings is 2. The Morgan fingerprint density at radius 3 is 3.07 bits per heavy atom. The lowest BCUT2D eigenvalue weighted by molar-refractivity contribution is -0.164. The number of carbonyl (C=O) groups is 1. The number of methoxy groups -OCH3 is 1. The van der Waals surface area contributed by atoms with Crippen LogP contribution >= 0.6 is 0 Å². The lowest BCUT2D eigenvalue weighted by Crippen LogP contribution is -2.67. The molecule has 154 valence electrons. The second kappa shape index (κ2) is 6.91. The van der Waals surface area contributed by atoms with Gasteiger partial charge in [-0.2, -0.15) is 0 Å². The van der Waals surface area contributed by atoms with Crippen LogP contribution in [0.1, 0.15) is 37.4 Å². The minimum Gasteiger partial charge on any atom is -0.497 e. The maximum atomic E-state index is 13.7. The van der Waals surface area contributed by atoms with E-state index >= 15 is 0 Å². The van der Waals surface area contributed by atoms with Gasteiger partial charge < -0.3 is 14.5 Å². The quantitative estimate of drug-likeness (QED) is 0.619. The monoisotopic (exact) mass is 394 g/mol. The lowest BCUT2D eigenvalue weighted by atomic mass is 9.56. The average molecular weight is 395 g/mol. The molecule has 0 spiro atoms. The van der Waals surface area contributed by atoms with Gasteiger partial charge in [0.15, 0.2) is 0 Å². The fraction of sp³-hybridized carbons (Fsp3) is 0.542. The smallest absolute Gasteiger partial charge is 0.320 e. The molecule has 3 fully saturated rings. The van der Waals surface area contributed by atoms with Crippen LogP contribution in [0.5, 0.6) is 5.75 Å². The van der Waals surface area contributed by atoms with Gasteiger partial charge in [0, 0.05) is 35.7 Å². The number of esters is 1. The molecule has 2 aromatic rings. The minimum atomic E-state index is -0.622. The first-order chi connectivity index (χ1) is 14.1. The Labute approximate surface area is 172 Å². The number of ether oxygens (including phenoxy) is 2. The molecule has 3 unspecified atom stereocenters. The third kappa shape index (κ3) is 2.59. The molecule has 4 aliphatic rings. The van der Waals surface area contributed by atoms with Crippen molar-refractivity contribution < 1.29 is 14.3 Å². The molecule has 1 aliphatic carbocycles. The van der Waals surface area contributed by atoms with E-state index in [9.17, 15) is 4.79 Å². The molecule has 5 nitrogen and oxygen atoms in total. The van der Waals surface area contributed by atoms with Crippen LogP contribution in [-0.2, 0) is 21.4 Å². The van der Waals surface area contributed by atoms with E-state index in [1.807, 2.05) is 6.07 Å². The lowest BCUT2D eigenvalue weighted by Gasteiger charge is -2.57. The Hall–Kier alpha value is -2.27. The van der Waals surface area contributed by atoms with Gasteiger partial charge >= 0.3 is 5.97 Å². The Bertz CT molecular complexity index is 964. The molecule has 4 heterocycles. The third-order valence-electron chi connectivity index (χ3n) is 7.51. The summed E-state index contributed by atoms with van der Waals surface area (Å²) in [4.78, 5) is 20.0. The number of H-pyrrole nitrogens is 1. The molecule has 0 amide bonds. The highest BCUT2D eigenvalue weighted by Gasteiger charge is 2.62. The highest BCUT2D eigenvalue weighted by Crippen LogP contribution is 2.55. The van der Waals surface area contributed by atoms with Crippen molar-refractivity contribution in [3.8, 4) is 5.75 Å². The predicted octanol–water partition coefficient (Wildman–Crippen LogP) is 3.82. The molecular formula is C24H30N2O3. The van der Waals surface area contributed by atoms with Gasteiger partial charge in [-0.25, -0.2) is 0 Å². The van der Waals surface area contributed by atoms with E-state index < -0.39 is 5.41 Å². The molecule has 0 radical (unpaired) electrons. The Kier molecular flexibility index (Phi) is 4.46. The molecular weight excluding hydrogens is 364 g/mol. The summed E-state index contributed by atoms with van der Waals surface area (Å²) in [6.45, 7) is 8.36. The molecule has 5 atom stereocenters. The Morgan fingerprint density at radius 2 is 2.31 bits per heavy atom. The molecule has 1 saturated carbocycles.